The van der Waals surface area contributed by atoms with E-state index in [-0.39, 0.29) is 24.1 Å². The van der Waals surface area contributed by atoms with E-state index in [9.17, 15) is 9.59 Å². The summed E-state index contributed by atoms with van der Waals surface area (Å²) in [6.45, 7) is 0.178. The maximum atomic E-state index is 12.7. The zero-order valence-electron chi connectivity index (χ0n) is 15.4. The summed E-state index contributed by atoms with van der Waals surface area (Å²) in [5.41, 5.74) is 1.55. The number of hydrogen-bond acceptors (Lipinski definition) is 6. The first-order valence-corrected chi connectivity index (χ1v) is 9.82. The van der Waals surface area contributed by atoms with E-state index in [1.165, 1.54) is 6.07 Å². The molecule has 3 aromatic carbocycles. The van der Waals surface area contributed by atoms with Gasteiger partial charge in [-0.1, -0.05) is 18.2 Å². The maximum Gasteiger partial charge on any atom is 0.344 e. The molecule has 0 N–H and O–H groups in total. The standard InChI is InChI=1S/C23H13BrO6/c24-17-4-2-1-3-15(17)23(26)29-14-6-7-16-19(11-14)30-21(22(16)25)10-13-5-8-18-20(9-13)28-12-27-18/h1-11H,12H2. The molecule has 2 aliphatic heterocycles. The van der Waals surface area contributed by atoms with Crippen LogP contribution in [0, 0.1) is 0 Å². The van der Waals surface area contributed by atoms with Crippen LogP contribution in [0.15, 0.2) is 70.9 Å². The second-order valence-electron chi connectivity index (χ2n) is 6.58. The first kappa shape index (κ1) is 18.4. The van der Waals surface area contributed by atoms with Gasteiger partial charge in [-0.05, 0) is 64.0 Å². The lowest BCUT2D eigenvalue weighted by Gasteiger charge is -2.07. The van der Waals surface area contributed by atoms with Gasteiger partial charge in [-0.15, -0.1) is 0 Å². The fraction of sp³-hybridized carbons (Fsp3) is 0.0435. The summed E-state index contributed by atoms with van der Waals surface area (Å²) in [5, 5.41) is 0. The predicted octanol–water partition coefficient (Wildman–Crippen LogP) is 5.01. The monoisotopic (exact) mass is 464 g/mol. The Balaban J connectivity index is 1.38. The van der Waals surface area contributed by atoms with Crippen LogP contribution in [-0.4, -0.2) is 18.5 Å². The van der Waals surface area contributed by atoms with Gasteiger partial charge in [0.05, 0.1) is 11.1 Å². The molecule has 0 bridgehead atoms. The highest BCUT2D eigenvalue weighted by Crippen LogP contribution is 2.37. The molecule has 2 heterocycles. The molecular weight excluding hydrogens is 452 g/mol. The lowest BCUT2D eigenvalue weighted by Crippen LogP contribution is -2.09. The Morgan fingerprint density at radius 1 is 0.967 bits per heavy atom. The number of esters is 1. The minimum absolute atomic E-state index is 0.178. The predicted molar refractivity (Wildman–Crippen MR) is 111 cm³/mol. The molecule has 0 fully saturated rings. The number of carbonyl (C=O) groups is 2. The second-order valence-corrected chi connectivity index (χ2v) is 7.43. The first-order chi connectivity index (χ1) is 14.6. The minimum atomic E-state index is -0.511. The van der Waals surface area contributed by atoms with Crippen LogP contribution in [0.4, 0.5) is 0 Å². The third-order valence-electron chi connectivity index (χ3n) is 4.64. The molecule has 2 aliphatic rings. The van der Waals surface area contributed by atoms with Crippen molar-refractivity contribution in [3.05, 3.63) is 87.6 Å². The van der Waals surface area contributed by atoms with E-state index < -0.39 is 5.97 Å². The summed E-state index contributed by atoms with van der Waals surface area (Å²) in [5.74, 6) is 1.33. The zero-order valence-corrected chi connectivity index (χ0v) is 17.0. The molecule has 0 aliphatic carbocycles. The normalized spacial score (nSPS) is 15.1. The topological polar surface area (TPSA) is 71.1 Å². The van der Waals surface area contributed by atoms with Crippen molar-refractivity contribution in [2.24, 2.45) is 0 Å². The Morgan fingerprint density at radius 2 is 1.80 bits per heavy atom. The minimum Gasteiger partial charge on any atom is -0.454 e. The Hall–Kier alpha value is -3.58. The summed E-state index contributed by atoms with van der Waals surface area (Å²) < 4.78 is 22.5. The van der Waals surface area contributed by atoms with E-state index in [1.54, 1.807) is 48.5 Å². The largest absolute Gasteiger partial charge is 0.454 e. The van der Waals surface area contributed by atoms with Gasteiger partial charge in [-0.2, -0.15) is 0 Å². The van der Waals surface area contributed by atoms with Gasteiger partial charge < -0.3 is 18.9 Å². The van der Waals surface area contributed by atoms with Crippen molar-refractivity contribution < 1.29 is 28.5 Å². The van der Waals surface area contributed by atoms with Crippen molar-refractivity contribution in [2.75, 3.05) is 6.79 Å². The Bertz CT molecular complexity index is 1230. The highest BCUT2D eigenvalue weighted by molar-refractivity contribution is 9.10. The van der Waals surface area contributed by atoms with Crippen LogP contribution < -0.4 is 18.9 Å². The van der Waals surface area contributed by atoms with E-state index in [4.69, 9.17) is 18.9 Å². The van der Waals surface area contributed by atoms with Crippen LogP contribution in [0.2, 0.25) is 0 Å². The fourth-order valence-electron chi connectivity index (χ4n) is 3.17. The van der Waals surface area contributed by atoms with Crippen LogP contribution in [0.1, 0.15) is 26.3 Å². The Labute approximate surface area is 179 Å². The number of ketones is 1. The van der Waals surface area contributed by atoms with E-state index >= 15 is 0 Å². The van der Waals surface area contributed by atoms with Crippen molar-refractivity contribution in [3.63, 3.8) is 0 Å². The molecule has 0 aromatic heterocycles. The third kappa shape index (κ3) is 3.33. The number of carbonyl (C=O) groups excluding carboxylic acids is 2. The van der Waals surface area contributed by atoms with Gasteiger partial charge >= 0.3 is 5.97 Å². The number of allylic oxidation sites excluding steroid dienone is 1. The van der Waals surface area contributed by atoms with Crippen LogP contribution in [0.25, 0.3) is 6.08 Å². The zero-order chi connectivity index (χ0) is 20.7. The van der Waals surface area contributed by atoms with Gasteiger partial charge in [0.1, 0.15) is 11.5 Å². The molecule has 0 atom stereocenters. The van der Waals surface area contributed by atoms with Gasteiger partial charge in [-0.25, -0.2) is 4.79 Å². The van der Waals surface area contributed by atoms with Crippen molar-refractivity contribution in [2.45, 2.75) is 0 Å². The summed E-state index contributed by atoms with van der Waals surface area (Å²) in [7, 11) is 0. The van der Waals surface area contributed by atoms with Gasteiger partial charge in [-0.3, -0.25) is 4.79 Å². The Morgan fingerprint density at radius 3 is 2.67 bits per heavy atom. The van der Waals surface area contributed by atoms with Crippen molar-refractivity contribution in [3.8, 4) is 23.0 Å². The molecule has 30 heavy (non-hydrogen) atoms. The molecule has 148 valence electrons. The van der Waals surface area contributed by atoms with Crippen LogP contribution in [-0.2, 0) is 0 Å². The molecule has 3 aromatic rings. The quantitative estimate of drug-likeness (QED) is 0.308. The number of ether oxygens (including phenoxy) is 4. The molecule has 7 heteroatoms. The average Bonchev–Trinajstić information content (AvgIpc) is 3.32. The summed E-state index contributed by atoms with van der Waals surface area (Å²) in [4.78, 5) is 25.1. The molecule has 0 unspecified atom stereocenters. The molecule has 0 saturated heterocycles. The van der Waals surface area contributed by atoms with Crippen molar-refractivity contribution >= 4 is 33.8 Å². The second kappa shape index (κ2) is 7.35. The highest BCUT2D eigenvalue weighted by Gasteiger charge is 2.28. The number of rotatable bonds is 3. The van der Waals surface area contributed by atoms with E-state index in [0.717, 1.165) is 5.56 Å². The van der Waals surface area contributed by atoms with Crippen LogP contribution >= 0.6 is 15.9 Å². The number of hydrogen-bond donors (Lipinski definition) is 0. The number of Topliss-reactive ketones (excluding diaryl/α,β-unsaturated/α-hetero) is 1. The molecule has 0 saturated carbocycles. The summed E-state index contributed by atoms with van der Waals surface area (Å²) >= 11 is 3.33. The molecule has 5 rings (SSSR count). The highest BCUT2D eigenvalue weighted by atomic mass is 79.9. The van der Waals surface area contributed by atoms with E-state index in [0.29, 0.717) is 32.8 Å². The van der Waals surface area contributed by atoms with Gasteiger partial charge in [0.25, 0.3) is 0 Å². The number of halogens is 1. The molecule has 0 radical (unpaired) electrons. The van der Waals surface area contributed by atoms with Gasteiger partial charge in [0.2, 0.25) is 12.6 Å². The van der Waals surface area contributed by atoms with E-state index in [2.05, 4.69) is 15.9 Å². The summed E-state index contributed by atoms with van der Waals surface area (Å²) in [6, 6.07) is 17.0. The lowest BCUT2D eigenvalue weighted by atomic mass is 10.1. The smallest absolute Gasteiger partial charge is 0.344 e. The first-order valence-electron chi connectivity index (χ1n) is 9.03. The number of fused-ring (bicyclic) bond motifs is 2. The molecular formula is C23H13BrO6. The lowest BCUT2D eigenvalue weighted by molar-refractivity contribution is 0.0733. The van der Waals surface area contributed by atoms with Crippen molar-refractivity contribution in [1.29, 1.82) is 0 Å². The van der Waals surface area contributed by atoms with Crippen LogP contribution in [0.3, 0.4) is 0 Å². The molecule has 6 nitrogen and oxygen atoms in total. The van der Waals surface area contributed by atoms with Gasteiger partial charge in [0.15, 0.2) is 17.3 Å². The Kier molecular flexibility index (Phi) is 4.52. The SMILES string of the molecule is O=C(Oc1ccc2c(c1)OC(=Cc1ccc3c(c1)OCO3)C2=O)c1ccccc1Br. The fourth-order valence-corrected chi connectivity index (χ4v) is 3.62. The van der Waals surface area contributed by atoms with Crippen molar-refractivity contribution in [1.82, 2.24) is 0 Å². The maximum absolute atomic E-state index is 12.7. The number of benzene rings is 3. The average molecular weight is 465 g/mol. The third-order valence-corrected chi connectivity index (χ3v) is 5.33. The van der Waals surface area contributed by atoms with Gasteiger partial charge in [0, 0.05) is 10.5 Å². The summed E-state index contributed by atoms with van der Waals surface area (Å²) in [6.07, 6.45) is 1.64. The molecule has 0 spiro atoms. The molecule has 0 amide bonds. The van der Waals surface area contributed by atoms with E-state index in [1.807, 2.05) is 12.1 Å². The van der Waals surface area contributed by atoms with Crippen LogP contribution in [0.5, 0.6) is 23.0 Å².